The summed E-state index contributed by atoms with van der Waals surface area (Å²) in [7, 11) is 0. The largest absolute Gasteiger partial charge is 0.379 e. The van der Waals surface area contributed by atoms with Crippen LogP contribution in [-0.2, 0) is 0 Å². The molecule has 0 atom stereocenters. The second-order valence-corrected chi connectivity index (χ2v) is 5.87. The summed E-state index contributed by atoms with van der Waals surface area (Å²) in [6.07, 6.45) is 6.24. The Hall–Kier alpha value is -1.62. The van der Waals surface area contributed by atoms with Crippen LogP contribution in [0, 0.1) is 10.1 Å². The molecule has 2 heterocycles. The van der Waals surface area contributed by atoms with Gasteiger partial charge in [0.2, 0.25) is 0 Å². The van der Waals surface area contributed by atoms with Crippen LogP contribution in [0.4, 0.5) is 11.4 Å². The molecule has 0 aliphatic carbocycles. The molecule has 5 heteroatoms. The number of nitrogens with one attached hydrogen (secondary N) is 1. The van der Waals surface area contributed by atoms with Gasteiger partial charge in [-0.2, -0.15) is 0 Å². The summed E-state index contributed by atoms with van der Waals surface area (Å²) < 4.78 is 0. The van der Waals surface area contributed by atoms with E-state index in [1.165, 1.54) is 38.8 Å². The summed E-state index contributed by atoms with van der Waals surface area (Å²) in [6, 6.07) is 6.89. The van der Waals surface area contributed by atoms with E-state index < -0.39 is 0 Å². The molecule has 2 aliphatic rings. The van der Waals surface area contributed by atoms with Crippen LogP contribution in [0.3, 0.4) is 0 Å². The molecule has 0 saturated carbocycles. The van der Waals surface area contributed by atoms with E-state index >= 15 is 0 Å². The summed E-state index contributed by atoms with van der Waals surface area (Å²) in [5.41, 5.74) is 1.17. The van der Waals surface area contributed by atoms with Crippen LogP contribution in [0.15, 0.2) is 24.3 Å². The maximum absolute atomic E-state index is 11.0. The number of nitro benzene ring substituents is 1. The van der Waals surface area contributed by atoms with Crippen molar-refractivity contribution in [2.75, 3.05) is 25.0 Å². The van der Waals surface area contributed by atoms with Gasteiger partial charge in [0.1, 0.15) is 5.69 Å². The van der Waals surface area contributed by atoms with E-state index in [1.807, 2.05) is 6.07 Å². The summed E-state index contributed by atoms with van der Waals surface area (Å²) >= 11 is 0. The molecule has 3 rings (SSSR count). The van der Waals surface area contributed by atoms with Crippen LogP contribution < -0.4 is 5.32 Å². The minimum atomic E-state index is -0.321. The van der Waals surface area contributed by atoms with Gasteiger partial charge < -0.3 is 5.32 Å². The highest BCUT2D eigenvalue weighted by molar-refractivity contribution is 5.61. The maximum Gasteiger partial charge on any atom is 0.292 e. The number of rotatable bonds is 5. The van der Waals surface area contributed by atoms with E-state index in [1.54, 1.807) is 18.2 Å². The normalized spacial score (nSPS) is 20.8. The molecule has 0 amide bonds. The number of para-hydroxylation sites is 2. The number of nitrogens with zero attached hydrogens (tertiary/aromatic N) is 2. The fourth-order valence-electron chi connectivity index (χ4n) is 3.85. The van der Waals surface area contributed by atoms with Gasteiger partial charge in [-0.3, -0.25) is 15.0 Å². The molecule has 1 aromatic rings. The molecule has 0 aromatic heterocycles. The molecule has 2 saturated heterocycles. The van der Waals surface area contributed by atoms with Crippen molar-refractivity contribution in [2.24, 2.45) is 0 Å². The fraction of sp³-hybridized carbons (Fsp3) is 0.600. The highest BCUT2D eigenvalue weighted by atomic mass is 16.6. The first-order chi connectivity index (χ1) is 9.71. The first-order valence-electron chi connectivity index (χ1n) is 7.44. The Balaban J connectivity index is 1.62. The Kier molecular flexibility index (Phi) is 3.61. The minimum absolute atomic E-state index is 0.166. The van der Waals surface area contributed by atoms with Crippen LogP contribution in [0.1, 0.15) is 32.1 Å². The zero-order valence-corrected chi connectivity index (χ0v) is 11.7. The lowest BCUT2D eigenvalue weighted by Gasteiger charge is -2.32. The van der Waals surface area contributed by atoms with Gasteiger partial charge in [0, 0.05) is 18.2 Å². The molecule has 108 valence electrons. The van der Waals surface area contributed by atoms with Crippen LogP contribution in [0.25, 0.3) is 0 Å². The number of anilines is 1. The van der Waals surface area contributed by atoms with Crippen molar-refractivity contribution in [3.05, 3.63) is 34.4 Å². The second-order valence-electron chi connectivity index (χ2n) is 5.87. The molecule has 0 unspecified atom stereocenters. The van der Waals surface area contributed by atoms with Crippen LogP contribution in [0.2, 0.25) is 0 Å². The van der Waals surface area contributed by atoms with Crippen molar-refractivity contribution >= 4 is 11.4 Å². The van der Waals surface area contributed by atoms with E-state index in [2.05, 4.69) is 10.2 Å². The SMILES string of the molecule is O=[N+]([O-])c1ccccc1NCCC12CCCN1CCC2. The van der Waals surface area contributed by atoms with Crippen molar-refractivity contribution in [3.63, 3.8) is 0 Å². The zero-order chi connectivity index (χ0) is 14.0. The van der Waals surface area contributed by atoms with Crippen molar-refractivity contribution in [3.8, 4) is 0 Å². The van der Waals surface area contributed by atoms with Crippen molar-refractivity contribution < 1.29 is 4.92 Å². The van der Waals surface area contributed by atoms with Crippen molar-refractivity contribution in [1.82, 2.24) is 4.90 Å². The number of nitro groups is 1. The lowest BCUT2D eigenvalue weighted by atomic mass is 9.90. The summed E-state index contributed by atoms with van der Waals surface area (Å²) in [5, 5.41) is 14.2. The molecular weight excluding hydrogens is 254 g/mol. The quantitative estimate of drug-likeness (QED) is 0.663. The average Bonchev–Trinajstić information content (AvgIpc) is 2.98. The molecule has 2 fully saturated rings. The summed E-state index contributed by atoms with van der Waals surface area (Å²) in [5.74, 6) is 0. The van der Waals surface area contributed by atoms with Crippen molar-refractivity contribution in [1.29, 1.82) is 0 Å². The van der Waals surface area contributed by atoms with Gasteiger partial charge in [0.15, 0.2) is 0 Å². The molecule has 5 nitrogen and oxygen atoms in total. The predicted molar refractivity (Wildman–Crippen MR) is 79.0 cm³/mol. The Morgan fingerprint density at radius 2 is 1.95 bits per heavy atom. The van der Waals surface area contributed by atoms with E-state index in [4.69, 9.17) is 0 Å². The Morgan fingerprint density at radius 1 is 1.25 bits per heavy atom. The first kappa shape index (κ1) is 13.4. The smallest absolute Gasteiger partial charge is 0.292 e. The Labute approximate surface area is 119 Å². The fourth-order valence-corrected chi connectivity index (χ4v) is 3.85. The van der Waals surface area contributed by atoms with Gasteiger partial charge in [0.25, 0.3) is 5.69 Å². The van der Waals surface area contributed by atoms with Crippen LogP contribution in [0.5, 0.6) is 0 Å². The summed E-state index contributed by atoms with van der Waals surface area (Å²) in [6.45, 7) is 3.26. The van der Waals surface area contributed by atoms with Gasteiger partial charge >= 0.3 is 0 Å². The van der Waals surface area contributed by atoms with Gasteiger partial charge in [-0.25, -0.2) is 0 Å². The zero-order valence-electron chi connectivity index (χ0n) is 11.7. The lowest BCUT2D eigenvalue weighted by Crippen LogP contribution is -2.39. The van der Waals surface area contributed by atoms with Gasteiger partial charge in [-0.15, -0.1) is 0 Å². The Bertz CT molecular complexity index is 494. The van der Waals surface area contributed by atoms with E-state index in [0.717, 1.165) is 13.0 Å². The first-order valence-corrected chi connectivity index (χ1v) is 7.44. The number of hydrogen-bond donors (Lipinski definition) is 1. The minimum Gasteiger partial charge on any atom is -0.379 e. The molecule has 0 bridgehead atoms. The third-order valence-electron chi connectivity index (χ3n) is 4.82. The Morgan fingerprint density at radius 3 is 2.65 bits per heavy atom. The standard InChI is InChI=1S/C15H21N3O2/c19-18(20)14-6-2-1-5-13(14)16-10-9-15-7-3-11-17(15)12-4-8-15/h1-2,5-6,16H,3-4,7-12H2. The monoisotopic (exact) mass is 275 g/mol. The highest BCUT2D eigenvalue weighted by Gasteiger charge is 2.43. The van der Waals surface area contributed by atoms with E-state index in [-0.39, 0.29) is 10.6 Å². The number of benzene rings is 1. The number of fused-ring (bicyclic) bond motifs is 1. The third kappa shape index (κ3) is 2.38. The maximum atomic E-state index is 11.0. The topological polar surface area (TPSA) is 58.4 Å². The van der Waals surface area contributed by atoms with Crippen LogP contribution >= 0.6 is 0 Å². The van der Waals surface area contributed by atoms with Crippen LogP contribution in [-0.4, -0.2) is 35.0 Å². The van der Waals surface area contributed by atoms with E-state index in [9.17, 15) is 10.1 Å². The van der Waals surface area contributed by atoms with Gasteiger partial charge in [0.05, 0.1) is 4.92 Å². The molecule has 20 heavy (non-hydrogen) atoms. The molecular formula is C15H21N3O2. The second kappa shape index (κ2) is 5.40. The highest BCUT2D eigenvalue weighted by Crippen LogP contribution is 2.41. The van der Waals surface area contributed by atoms with Crippen molar-refractivity contribution in [2.45, 2.75) is 37.6 Å². The van der Waals surface area contributed by atoms with Gasteiger partial charge in [-0.1, -0.05) is 12.1 Å². The molecule has 0 radical (unpaired) electrons. The molecule has 1 aromatic carbocycles. The molecule has 0 spiro atoms. The molecule has 2 aliphatic heterocycles. The lowest BCUT2D eigenvalue weighted by molar-refractivity contribution is -0.384. The third-order valence-corrected chi connectivity index (χ3v) is 4.82. The van der Waals surface area contributed by atoms with Gasteiger partial charge in [-0.05, 0) is 51.3 Å². The number of hydrogen-bond acceptors (Lipinski definition) is 4. The predicted octanol–water partition coefficient (Wildman–Crippen LogP) is 3.03. The average molecular weight is 275 g/mol. The molecule has 1 N–H and O–H groups in total. The summed E-state index contributed by atoms with van der Waals surface area (Å²) in [4.78, 5) is 13.3. The van der Waals surface area contributed by atoms with E-state index in [0.29, 0.717) is 11.2 Å².